The SMILES string of the molecule is CCN(CC)C(=O)c1ccnc(C(=O)N2CCN(C)CC2)c1. The van der Waals surface area contributed by atoms with Crippen LogP contribution in [0.2, 0.25) is 0 Å². The van der Waals surface area contributed by atoms with Crippen molar-refractivity contribution in [3.8, 4) is 0 Å². The molecule has 0 spiro atoms. The summed E-state index contributed by atoms with van der Waals surface area (Å²) in [6.45, 7) is 8.32. The van der Waals surface area contributed by atoms with Crippen molar-refractivity contribution in [2.75, 3.05) is 46.3 Å². The van der Waals surface area contributed by atoms with E-state index < -0.39 is 0 Å². The highest BCUT2D eigenvalue weighted by Gasteiger charge is 2.22. The topological polar surface area (TPSA) is 56.8 Å². The fraction of sp³-hybridized carbons (Fsp3) is 0.562. The van der Waals surface area contributed by atoms with Gasteiger partial charge in [0, 0.05) is 51.0 Å². The fourth-order valence-corrected chi connectivity index (χ4v) is 2.55. The third-order valence-corrected chi connectivity index (χ3v) is 4.07. The van der Waals surface area contributed by atoms with Gasteiger partial charge in [0.15, 0.2) is 0 Å². The van der Waals surface area contributed by atoms with Gasteiger partial charge in [-0.3, -0.25) is 14.6 Å². The zero-order chi connectivity index (χ0) is 16.1. The standard InChI is InChI=1S/C16H24N4O2/c1-4-19(5-2)15(21)13-6-7-17-14(12-13)16(22)20-10-8-18(3)9-11-20/h6-7,12H,4-5,8-11H2,1-3H3. The van der Waals surface area contributed by atoms with Gasteiger partial charge in [0.05, 0.1) is 0 Å². The van der Waals surface area contributed by atoms with Gasteiger partial charge in [-0.1, -0.05) is 0 Å². The first-order valence-electron chi connectivity index (χ1n) is 7.80. The molecule has 22 heavy (non-hydrogen) atoms. The summed E-state index contributed by atoms with van der Waals surface area (Å²) >= 11 is 0. The fourth-order valence-electron chi connectivity index (χ4n) is 2.55. The maximum absolute atomic E-state index is 12.5. The quantitative estimate of drug-likeness (QED) is 0.831. The highest BCUT2D eigenvalue weighted by Crippen LogP contribution is 2.10. The number of pyridine rings is 1. The van der Waals surface area contributed by atoms with Gasteiger partial charge in [0.1, 0.15) is 5.69 Å². The summed E-state index contributed by atoms with van der Waals surface area (Å²) in [4.78, 5) is 34.8. The molecule has 1 aliphatic heterocycles. The molecule has 1 saturated heterocycles. The lowest BCUT2D eigenvalue weighted by Gasteiger charge is -2.32. The third kappa shape index (κ3) is 3.62. The van der Waals surface area contributed by atoms with Crippen molar-refractivity contribution in [2.24, 2.45) is 0 Å². The Morgan fingerprint density at radius 2 is 1.82 bits per heavy atom. The first kappa shape index (κ1) is 16.4. The number of likely N-dealkylation sites (N-methyl/N-ethyl adjacent to an activating group) is 1. The van der Waals surface area contributed by atoms with Crippen LogP contribution in [0.5, 0.6) is 0 Å². The molecule has 2 amide bonds. The number of rotatable bonds is 4. The molecule has 1 fully saturated rings. The smallest absolute Gasteiger partial charge is 0.272 e. The summed E-state index contributed by atoms with van der Waals surface area (Å²) in [6, 6.07) is 3.28. The molecule has 0 radical (unpaired) electrons. The van der Waals surface area contributed by atoms with Crippen LogP contribution in [0.25, 0.3) is 0 Å². The van der Waals surface area contributed by atoms with Gasteiger partial charge in [-0.25, -0.2) is 0 Å². The van der Waals surface area contributed by atoms with Crippen LogP contribution in [0.15, 0.2) is 18.3 Å². The molecule has 6 nitrogen and oxygen atoms in total. The van der Waals surface area contributed by atoms with E-state index in [1.807, 2.05) is 20.9 Å². The molecule has 120 valence electrons. The molecule has 1 aromatic heterocycles. The Kier molecular flexibility index (Phi) is 5.49. The number of piperazine rings is 1. The number of hydrogen-bond acceptors (Lipinski definition) is 4. The molecule has 0 saturated carbocycles. The lowest BCUT2D eigenvalue weighted by molar-refractivity contribution is 0.0658. The maximum Gasteiger partial charge on any atom is 0.272 e. The second-order valence-electron chi connectivity index (χ2n) is 5.50. The summed E-state index contributed by atoms with van der Waals surface area (Å²) in [7, 11) is 2.05. The number of hydrogen-bond donors (Lipinski definition) is 0. The summed E-state index contributed by atoms with van der Waals surface area (Å²) < 4.78 is 0. The monoisotopic (exact) mass is 304 g/mol. The number of carbonyl (C=O) groups excluding carboxylic acids is 2. The highest BCUT2D eigenvalue weighted by molar-refractivity contribution is 5.98. The molecule has 0 aliphatic carbocycles. The lowest BCUT2D eigenvalue weighted by Crippen LogP contribution is -2.47. The van der Waals surface area contributed by atoms with E-state index in [4.69, 9.17) is 0 Å². The number of amides is 2. The molecule has 1 aromatic rings. The van der Waals surface area contributed by atoms with Gasteiger partial charge in [-0.15, -0.1) is 0 Å². The molecule has 0 bridgehead atoms. The van der Waals surface area contributed by atoms with E-state index in [1.54, 1.807) is 28.1 Å². The van der Waals surface area contributed by atoms with Crippen molar-refractivity contribution in [3.63, 3.8) is 0 Å². The Morgan fingerprint density at radius 3 is 2.41 bits per heavy atom. The van der Waals surface area contributed by atoms with Crippen LogP contribution in [0.1, 0.15) is 34.7 Å². The van der Waals surface area contributed by atoms with Gasteiger partial charge in [0.25, 0.3) is 11.8 Å². The molecule has 0 N–H and O–H groups in total. The zero-order valence-electron chi connectivity index (χ0n) is 13.6. The molecule has 1 aliphatic rings. The van der Waals surface area contributed by atoms with E-state index in [0.29, 0.717) is 37.4 Å². The van der Waals surface area contributed by atoms with E-state index in [0.717, 1.165) is 13.1 Å². The molecular weight excluding hydrogens is 280 g/mol. The second kappa shape index (κ2) is 7.35. The average molecular weight is 304 g/mol. The molecule has 0 atom stereocenters. The number of carbonyl (C=O) groups is 2. The van der Waals surface area contributed by atoms with Crippen molar-refractivity contribution in [1.29, 1.82) is 0 Å². The van der Waals surface area contributed by atoms with Gasteiger partial charge in [-0.2, -0.15) is 0 Å². The van der Waals surface area contributed by atoms with Gasteiger partial charge < -0.3 is 14.7 Å². The Bertz CT molecular complexity index is 535. The van der Waals surface area contributed by atoms with Crippen LogP contribution in [-0.4, -0.2) is 77.8 Å². The first-order valence-corrected chi connectivity index (χ1v) is 7.80. The zero-order valence-corrected chi connectivity index (χ0v) is 13.6. The maximum atomic E-state index is 12.5. The Morgan fingerprint density at radius 1 is 1.18 bits per heavy atom. The summed E-state index contributed by atoms with van der Waals surface area (Å²) in [5.41, 5.74) is 0.874. The Labute approximate surface area is 131 Å². The van der Waals surface area contributed by atoms with E-state index in [2.05, 4.69) is 9.88 Å². The van der Waals surface area contributed by atoms with Gasteiger partial charge >= 0.3 is 0 Å². The summed E-state index contributed by atoms with van der Waals surface area (Å²) in [5, 5.41) is 0. The van der Waals surface area contributed by atoms with Crippen molar-refractivity contribution in [2.45, 2.75) is 13.8 Å². The van der Waals surface area contributed by atoms with Crippen molar-refractivity contribution in [3.05, 3.63) is 29.6 Å². The molecule has 2 rings (SSSR count). The van der Waals surface area contributed by atoms with Gasteiger partial charge in [-0.05, 0) is 33.0 Å². The van der Waals surface area contributed by atoms with E-state index in [9.17, 15) is 9.59 Å². The van der Waals surface area contributed by atoms with E-state index in [1.165, 1.54) is 0 Å². The predicted molar refractivity (Wildman–Crippen MR) is 84.9 cm³/mol. The van der Waals surface area contributed by atoms with Crippen LogP contribution in [0, 0.1) is 0 Å². The van der Waals surface area contributed by atoms with Crippen LogP contribution < -0.4 is 0 Å². The Balaban J connectivity index is 2.14. The molecule has 2 heterocycles. The predicted octanol–water partition coefficient (Wildman–Crippen LogP) is 0.951. The second-order valence-corrected chi connectivity index (χ2v) is 5.50. The molecule has 0 unspecified atom stereocenters. The minimum absolute atomic E-state index is 0.0557. The average Bonchev–Trinajstić information content (AvgIpc) is 2.56. The first-order chi connectivity index (χ1) is 10.6. The van der Waals surface area contributed by atoms with E-state index >= 15 is 0 Å². The third-order valence-electron chi connectivity index (χ3n) is 4.07. The highest BCUT2D eigenvalue weighted by atomic mass is 16.2. The largest absolute Gasteiger partial charge is 0.339 e. The van der Waals surface area contributed by atoms with Gasteiger partial charge in [0.2, 0.25) is 0 Å². The van der Waals surface area contributed by atoms with Crippen LogP contribution >= 0.6 is 0 Å². The number of aromatic nitrogens is 1. The van der Waals surface area contributed by atoms with Crippen molar-refractivity contribution < 1.29 is 9.59 Å². The normalized spacial score (nSPS) is 15.7. The van der Waals surface area contributed by atoms with Crippen LogP contribution in [0.4, 0.5) is 0 Å². The lowest BCUT2D eigenvalue weighted by atomic mass is 10.1. The van der Waals surface area contributed by atoms with Crippen molar-refractivity contribution >= 4 is 11.8 Å². The van der Waals surface area contributed by atoms with Crippen LogP contribution in [0.3, 0.4) is 0 Å². The number of nitrogens with zero attached hydrogens (tertiary/aromatic N) is 4. The van der Waals surface area contributed by atoms with Crippen molar-refractivity contribution in [1.82, 2.24) is 19.7 Å². The molecule has 0 aromatic carbocycles. The molecule has 6 heteroatoms. The van der Waals surface area contributed by atoms with Crippen LogP contribution in [-0.2, 0) is 0 Å². The minimum Gasteiger partial charge on any atom is -0.339 e. The minimum atomic E-state index is -0.0951. The Hall–Kier alpha value is -1.95. The summed E-state index contributed by atoms with van der Waals surface area (Å²) in [6.07, 6.45) is 1.54. The van der Waals surface area contributed by atoms with E-state index in [-0.39, 0.29) is 11.8 Å². The summed E-state index contributed by atoms with van der Waals surface area (Å²) in [5.74, 6) is -0.151. The molecular formula is C16H24N4O2.